The Morgan fingerprint density at radius 1 is 1.30 bits per heavy atom. The normalized spacial score (nSPS) is 10.3. The SMILES string of the molecule is CC(C)=CCOc1cccc(C(=O)N(CCC(=O)O)C(C)C)c1. The molecule has 0 atom stereocenters. The number of amides is 1. The van der Waals surface area contributed by atoms with Crippen molar-refractivity contribution in [3.05, 3.63) is 41.5 Å². The van der Waals surface area contributed by atoms with Crippen LogP contribution < -0.4 is 4.74 Å². The fraction of sp³-hybridized carbons (Fsp3) is 0.444. The number of carbonyl (C=O) groups is 2. The van der Waals surface area contributed by atoms with Gasteiger partial charge in [-0.25, -0.2) is 0 Å². The van der Waals surface area contributed by atoms with Crippen LogP contribution in [0, 0.1) is 0 Å². The standard InChI is InChI=1S/C18H25NO4/c1-13(2)9-11-23-16-7-5-6-15(12-16)18(22)19(14(3)4)10-8-17(20)21/h5-7,9,12,14H,8,10-11H2,1-4H3,(H,20,21). The van der Waals surface area contributed by atoms with Crippen LogP contribution in [0.5, 0.6) is 5.75 Å². The summed E-state index contributed by atoms with van der Waals surface area (Å²) >= 11 is 0. The minimum absolute atomic E-state index is 0.0688. The number of carbonyl (C=O) groups excluding carboxylic acids is 1. The highest BCUT2D eigenvalue weighted by Gasteiger charge is 2.19. The average Bonchev–Trinajstić information content (AvgIpc) is 2.46. The van der Waals surface area contributed by atoms with Gasteiger partial charge in [-0.1, -0.05) is 11.6 Å². The van der Waals surface area contributed by atoms with Crippen LogP contribution in [0.3, 0.4) is 0 Å². The lowest BCUT2D eigenvalue weighted by Crippen LogP contribution is -2.38. The van der Waals surface area contributed by atoms with E-state index in [1.807, 2.05) is 33.8 Å². The first kappa shape index (κ1) is 18.7. The Morgan fingerprint density at radius 3 is 2.57 bits per heavy atom. The zero-order valence-corrected chi connectivity index (χ0v) is 14.2. The number of nitrogens with zero attached hydrogens (tertiary/aromatic N) is 1. The van der Waals surface area contributed by atoms with E-state index in [-0.39, 0.29) is 24.9 Å². The highest BCUT2D eigenvalue weighted by atomic mass is 16.5. The molecule has 5 nitrogen and oxygen atoms in total. The number of hydrogen-bond acceptors (Lipinski definition) is 3. The molecule has 0 saturated carbocycles. The topological polar surface area (TPSA) is 66.8 Å². The number of allylic oxidation sites excluding steroid dienone is 1. The molecule has 0 aliphatic heterocycles. The predicted molar refractivity (Wildman–Crippen MR) is 89.8 cm³/mol. The van der Waals surface area contributed by atoms with Crippen molar-refractivity contribution in [1.82, 2.24) is 4.90 Å². The fourth-order valence-electron chi connectivity index (χ4n) is 2.00. The molecule has 1 amide bonds. The van der Waals surface area contributed by atoms with Crippen LogP contribution >= 0.6 is 0 Å². The molecule has 0 fully saturated rings. The highest BCUT2D eigenvalue weighted by molar-refractivity contribution is 5.95. The number of hydrogen-bond donors (Lipinski definition) is 1. The van der Waals surface area contributed by atoms with Gasteiger partial charge in [-0.2, -0.15) is 0 Å². The second-order valence-electron chi connectivity index (χ2n) is 5.86. The Hall–Kier alpha value is -2.30. The quantitative estimate of drug-likeness (QED) is 0.746. The molecule has 0 radical (unpaired) electrons. The molecule has 0 aliphatic rings. The van der Waals surface area contributed by atoms with Gasteiger partial charge in [0.05, 0.1) is 6.42 Å². The largest absolute Gasteiger partial charge is 0.490 e. The summed E-state index contributed by atoms with van der Waals surface area (Å²) in [6, 6.07) is 6.90. The Balaban J connectivity index is 2.84. The lowest BCUT2D eigenvalue weighted by Gasteiger charge is -2.26. The van der Waals surface area contributed by atoms with E-state index >= 15 is 0 Å². The van der Waals surface area contributed by atoms with E-state index in [1.54, 1.807) is 29.2 Å². The van der Waals surface area contributed by atoms with Crippen molar-refractivity contribution in [2.75, 3.05) is 13.2 Å². The summed E-state index contributed by atoms with van der Waals surface area (Å²) in [6.07, 6.45) is 1.89. The smallest absolute Gasteiger partial charge is 0.305 e. The second-order valence-corrected chi connectivity index (χ2v) is 5.86. The van der Waals surface area contributed by atoms with Crippen LogP contribution in [0.25, 0.3) is 0 Å². The lowest BCUT2D eigenvalue weighted by atomic mass is 10.1. The van der Waals surface area contributed by atoms with Crippen molar-refractivity contribution < 1.29 is 19.4 Å². The summed E-state index contributed by atoms with van der Waals surface area (Å²) in [4.78, 5) is 24.9. The van der Waals surface area contributed by atoms with E-state index in [2.05, 4.69) is 0 Å². The van der Waals surface area contributed by atoms with Gasteiger partial charge >= 0.3 is 5.97 Å². The molecule has 1 rings (SSSR count). The molecule has 0 aromatic heterocycles. The van der Waals surface area contributed by atoms with Crippen molar-refractivity contribution in [3.8, 4) is 5.75 Å². The molecular formula is C18H25NO4. The molecule has 126 valence electrons. The van der Waals surface area contributed by atoms with E-state index in [9.17, 15) is 9.59 Å². The number of rotatable bonds is 8. The van der Waals surface area contributed by atoms with Gasteiger partial charge in [0.2, 0.25) is 0 Å². The van der Waals surface area contributed by atoms with Gasteiger partial charge in [0, 0.05) is 18.2 Å². The van der Waals surface area contributed by atoms with Gasteiger partial charge in [-0.05, 0) is 52.0 Å². The van der Waals surface area contributed by atoms with Crippen molar-refractivity contribution in [3.63, 3.8) is 0 Å². The van der Waals surface area contributed by atoms with Gasteiger partial charge in [-0.15, -0.1) is 0 Å². The summed E-state index contributed by atoms with van der Waals surface area (Å²) in [7, 11) is 0. The lowest BCUT2D eigenvalue weighted by molar-refractivity contribution is -0.137. The number of carboxylic acids is 1. The molecule has 0 bridgehead atoms. The fourth-order valence-corrected chi connectivity index (χ4v) is 2.00. The summed E-state index contributed by atoms with van der Waals surface area (Å²) in [5, 5.41) is 8.82. The first-order valence-corrected chi connectivity index (χ1v) is 7.70. The van der Waals surface area contributed by atoms with Crippen LogP contribution in [-0.4, -0.2) is 41.1 Å². The maximum absolute atomic E-state index is 12.6. The molecule has 0 spiro atoms. The van der Waals surface area contributed by atoms with Crippen molar-refractivity contribution in [2.24, 2.45) is 0 Å². The van der Waals surface area contributed by atoms with Gasteiger partial charge in [0.25, 0.3) is 5.91 Å². The minimum atomic E-state index is -0.915. The van der Waals surface area contributed by atoms with Crippen LogP contribution in [0.4, 0.5) is 0 Å². The molecule has 23 heavy (non-hydrogen) atoms. The van der Waals surface area contributed by atoms with Crippen LogP contribution in [0.15, 0.2) is 35.9 Å². The molecular weight excluding hydrogens is 294 g/mol. The Kier molecular flexibility index (Phi) is 7.32. The molecule has 1 aromatic rings. The predicted octanol–water partition coefficient (Wildman–Crippen LogP) is 3.36. The number of carboxylic acid groups (broad SMARTS) is 1. The van der Waals surface area contributed by atoms with Gasteiger partial charge in [0.15, 0.2) is 0 Å². The van der Waals surface area contributed by atoms with Gasteiger partial charge in [0.1, 0.15) is 12.4 Å². The zero-order valence-electron chi connectivity index (χ0n) is 14.2. The van der Waals surface area contributed by atoms with Crippen LogP contribution in [0.2, 0.25) is 0 Å². The minimum Gasteiger partial charge on any atom is -0.490 e. The van der Waals surface area contributed by atoms with E-state index in [1.165, 1.54) is 0 Å². The third-order valence-electron chi connectivity index (χ3n) is 3.27. The van der Waals surface area contributed by atoms with Crippen LogP contribution in [0.1, 0.15) is 44.5 Å². The van der Waals surface area contributed by atoms with E-state index in [4.69, 9.17) is 9.84 Å². The maximum Gasteiger partial charge on any atom is 0.305 e. The second kappa shape index (κ2) is 8.98. The van der Waals surface area contributed by atoms with E-state index in [0.29, 0.717) is 17.9 Å². The number of aliphatic carboxylic acids is 1. The molecule has 0 heterocycles. The van der Waals surface area contributed by atoms with Crippen LogP contribution in [-0.2, 0) is 4.79 Å². The van der Waals surface area contributed by atoms with Crippen molar-refractivity contribution in [2.45, 2.75) is 40.2 Å². The Morgan fingerprint density at radius 2 is 2.00 bits per heavy atom. The first-order valence-electron chi connectivity index (χ1n) is 7.70. The first-order chi connectivity index (χ1) is 10.8. The summed E-state index contributed by atoms with van der Waals surface area (Å²) < 4.78 is 5.60. The molecule has 0 saturated heterocycles. The molecule has 1 aromatic carbocycles. The summed E-state index contributed by atoms with van der Waals surface area (Å²) in [5.41, 5.74) is 1.66. The highest BCUT2D eigenvalue weighted by Crippen LogP contribution is 2.16. The summed E-state index contributed by atoms with van der Waals surface area (Å²) in [5.74, 6) is -0.480. The Bertz CT molecular complexity index is 574. The van der Waals surface area contributed by atoms with Gasteiger partial charge in [-0.3, -0.25) is 9.59 Å². The molecule has 5 heteroatoms. The zero-order chi connectivity index (χ0) is 17.4. The van der Waals surface area contributed by atoms with E-state index in [0.717, 1.165) is 5.57 Å². The maximum atomic E-state index is 12.6. The van der Waals surface area contributed by atoms with Gasteiger partial charge < -0.3 is 14.7 Å². The number of benzene rings is 1. The average molecular weight is 319 g/mol. The van der Waals surface area contributed by atoms with E-state index < -0.39 is 5.97 Å². The summed E-state index contributed by atoms with van der Waals surface area (Å²) in [6.45, 7) is 8.37. The molecule has 1 N–H and O–H groups in total. The number of ether oxygens (including phenoxy) is 1. The van der Waals surface area contributed by atoms with Crippen molar-refractivity contribution in [1.29, 1.82) is 0 Å². The van der Waals surface area contributed by atoms with Crippen molar-refractivity contribution >= 4 is 11.9 Å². The Labute approximate surface area is 137 Å². The molecule has 0 aliphatic carbocycles. The molecule has 0 unspecified atom stereocenters. The monoisotopic (exact) mass is 319 g/mol. The third-order valence-corrected chi connectivity index (χ3v) is 3.27. The third kappa shape index (κ3) is 6.55.